The predicted octanol–water partition coefficient (Wildman–Crippen LogP) is 3.55. The van der Waals surface area contributed by atoms with Crippen molar-refractivity contribution in [1.29, 1.82) is 0 Å². The minimum Gasteiger partial charge on any atom is -0.492 e. The van der Waals surface area contributed by atoms with Crippen molar-refractivity contribution in [3.63, 3.8) is 0 Å². The minimum atomic E-state index is 0.624. The maximum atomic E-state index is 5.48. The van der Waals surface area contributed by atoms with E-state index in [1.807, 2.05) is 19.2 Å². The zero-order valence-corrected chi connectivity index (χ0v) is 12.0. The Labute approximate surface area is 117 Å². The second-order valence-corrected chi connectivity index (χ2v) is 4.54. The lowest BCUT2D eigenvalue weighted by Crippen LogP contribution is -1.98. The molecule has 0 atom stereocenters. The van der Waals surface area contributed by atoms with Gasteiger partial charge >= 0.3 is 0 Å². The second kappa shape index (κ2) is 6.43. The molecule has 0 amide bonds. The zero-order chi connectivity index (χ0) is 13.7. The average Bonchev–Trinajstić information content (AvgIpc) is 2.42. The molecule has 19 heavy (non-hydrogen) atoms. The van der Waals surface area contributed by atoms with Crippen molar-refractivity contribution in [3.05, 3.63) is 35.0 Å². The molecule has 4 nitrogen and oxygen atoms in total. The van der Waals surface area contributed by atoms with Gasteiger partial charge in [0, 0.05) is 17.3 Å². The number of nitrogens with one attached hydrogen (secondary N) is 1. The van der Waals surface area contributed by atoms with Crippen molar-refractivity contribution in [3.8, 4) is 17.0 Å². The van der Waals surface area contributed by atoms with Crippen LogP contribution in [0.15, 0.2) is 24.8 Å². The van der Waals surface area contributed by atoms with Crippen LogP contribution in [-0.4, -0.2) is 21.6 Å². The first-order valence-corrected chi connectivity index (χ1v) is 6.81. The van der Waals surface area contributed by atoms with Crippen LogP contribution in [0.25, 0.3) is 11.3 Å². The summed E-state index contributed by atoms with van der Waals surface area (Å²) in [6.07, 6.45) is 7.07. The topological polar surface area (TPSA) is 50.8 Å². The van der Waals surface area contributed by atoms with Crippen molar-refractivity contribution in [2.75, 3.05) is 6.61 Å². The molecule has 2 rings (SSSR count). The Morgan fingerprint density at radius 3 is 2.89 bits per heavy atom. The largest absolute Gasteiger partial charge is 0.492 e. The van der Waals surface area contributed by atoms with Crippen LogP contribution in [0, 0.1) is 4.64 Å². The summed E-state index contributed by atoms with van der Waals surface area (Å²) in [4.78, 5) is 11.5. The molecule has 1 N–H and O–H groups in total. The van der Waals surface area contributed by atoms with E-state index in [1.165, 1.54) is 0 Å². The van der Waals surface area contributed by atoms with Gasteiger partial charge in [-0.15, -0.1) is 0 Å². The quantitative estimate of drug-likeness (QED) is 0.848. The van der Waals surface area contributed by atoms with Gasteiger partial charge in [0.25, 0.3) is 0 Å². The molecule has 0 bridgehead atoms. The summed E-state index contributed by atoms with van der Waals surface area (Å²) < 4.78 is 6.13. The summed E-state index contributed by atoms with van der Waals surface area (Å²) in [6, 6.07) is 1.97. The van der Waals surface area contributed by atoms with E-state index in [2.05, 4.69) is 21.9 Å². The number of hydrogen-bond donors (Lipinski definition) is 1. The van der Waals surface area contributed by atoms with Crippen LogP contribution in [0.1, 0.15) is 25.8 Å². The van der Waals surface area contributed by atoms with Gasteiger partial charge in [-0.25, -0.2) is 4.98 Å². The summed E-state index contributed by atoms with van der Waals surface area (Å²) in [7, 11) is 0. The molecular weight excluding hydrogens is 258 g/mol. The van der Waals surface area contributed by atoms with Crippen LogP contribution < -0.4 is 4.74 Å². The summed E-state index contributed by atoms with van der Waals surface area (Å²) in [5.74, 6) is 0.763. The monoisotopic (exact) mass is 275 g/mol. The number of hydrogen-bond acceptors (Lipinski definition) is 4. The van der Waals surface area contributed by atoms with E-state index in [0.717, 1.165) is 35.4 Å². The Morgan fingerprint density at radius 1 is 1.32 bits per heavy atom. The molecule has 0 spiro atoms. The lowest BCUT2D eigenvalue weighted by atomic mass is 10.1. The number of nitrogens with zero attached hydrogens (tertiary/aromatic N) is 2. The van der Waals surface area contributed by atoms with E-state index in [0.29, 0.717) is 11.2 Å². The van der Waals surface area contributed by atoms with Crippen molar-refractivity contribution in [1.82, 2.24) is 15.0 Å². The average molecular weight is 275 g/mol. The molecule has 0 unspecified atom stereocenters. The van der Waals surface area contributed by atoms with Gasteiger partial charge in [0.05, 0.1) is 24.8 Å². The van der Waals surface area contributed by atoms with E-state index in [4.69, 9.17) is 17.0 Å². The van der Waals surface area contributed by atoms with Crippen LogP contribution >= 0.6 is 12.2 Å². The molecule has 0 saturated heterocycles. The molecule has 0 aliphatic rings. The fourth-order valence-corrected chi connectivity index (χ4v) is 2.22. The molecule has 0 aliphatic carbocycles. The first kappa shape index (κ1) is 13.7. The minimum absolute atomic E-state index is 0.624. The van der Waals surface area contributed by atoms with Crippen LogP contribution in [0.5, 0.6) is 5.75 Å². The highest BCUT2D eigenvalue weighted by Crippen LogP contribution is 2.25. The number of pyridine rings is 1. The van der Waals surface area contributed by atoms with Crippen molar-refractivity contribution >= 4 is 12.2 Å². The molecule has 0 fully saturated rings. The molecule has 0 saturated carbocycles. The zero-order valence-electron chi connectivity index (χ0n) is 11.1. The van der Waals surface area contributed by atoms with Gasteiger partial charge in [0.1, 0.15) is 10.4 Å². The number of rotatable bonds is 5. The Bertz CT molecular complexity index is 610. The Kier molecular flexibility index (Phi) is 4.63. The predicted molar refractivity (Wildman–Crippen MR) is 77.8 cm³/mol. The molecule has 0 aromatic carbocycles. The summed E-state index contributed by atoms with van der Waals surface area (Å²) in [5.41, 5.74) is 3.02. The van der Waals surface area contributed by atoms with Gasteiger partial charge in [-0.05, 0) is 19.4 Å². The lowest BCUT2D eigenvalue weighted by molar-refractivity contribution is 0.339. The Morgan fingerprint density at radius 2 is 2.16 bits per heavy atom. The molecule has 2 aromatic heterocycles. The maximum absolute atomic E-state index is 5.48. The van der Waals surface area contributed by atoms with Gasteiger partial charge in [-0.2, -0.15) is 0 Å². The third kappa shape index (κ3) is 3.17. The van der Waals surface area contributed by atoms with Gasteiger partial charge in [-0.1, -0.05) is 25.6 Å². The van der Waals surface area contributed by atoms with Crippen LogP contribution in [0.3, 0.4) is 0 Å². The van der Waals surface area contributed by atoms with Gasteiger partial charge in [0.2, 0.25) is 0 Å². The smallest absolute Gasteiger partial charge is 0.138 e. The van der Waals surface area contributed by atoms with E-state index >= 15 is 0 Å². The van der Waals surface area contributed by atoms with Crippen molar-refractivity contribution in [2.24, 2.45) is 0 Å². The van der Waals surface area contributed by atoms with Crippen LogP contribution in [0.4, 0.5) is 0 Å². The van der Waals surface area contributed by atoms with Gasteiger partial charge in [-0.3, -0.25) is 4.98 Å². The third-order valence-corrected chi connectivity index (χ3v) is 3.12. The standard InChI is InChI=1S/C14H17N3OS/c1-3-5-12-13(16-9-17-14(12)19)10-6-11(18-4-2)8-15-7-10/h6-9H,3-5H2,1-2H3,(H,16,17,19). The van der Waals surface area contributed by atoms with E-state index < -0.39 is 0 Å². The molecule has 0 radical (unpaired) electrons. The fraction of sp³-hybridized carbons (Fsp3) is 0.357. The SMILES string of the molecule is CCCc1c(-c2cncc(OCC)c2)[nH]cnc1=S. The highest BCUT2D eigenvalue weighted by Gasteiger charge is 2.09. The number of H-pyrrole nitrogens is 1. The highest BCUT2D eigenvalue weighted by molar-refractivity contribution is 7.71. The molecule has 0 aliphatic heterocycles. The molecular formula is C14H17N3OS. The van der Waals surface area contributed by atoms with Crippen molar-refractivity contribution < 1.29 is 4.74 Å². The van der Waals surface area contributed by atoms with E-state index in [-0.39, 0.29) is 0 Å². The van der Waals surface area contributed by atoms with Crippen LogP contribution in [-0.2, 0) is 6.42 Å². The summed E-state index contributed by atoms with van der Waals surface area (Å²) >= 11 is 5.31. The van der Waals surface area contributed by atoms with E-state index in [1.54, 1.807) is 12.5 Å². The molecule has 2 aromatic rings. The third-order valence-electron chi connectivity index (χ3n) is 2.76. The molecule has 100 valence electrons. The van der Waals surface area contributed by atoms with Crippen LogP contribution in [0.2, 0.25) is 0 Å². The first-order chi connectivity index (χ1) is 9.26. The maximum Gasteiger partial charge on any atom is 0.138 e. The molecule has 5 heteroatoms. The fourth-order valence-electron chi connectivity index (χ4n) is 1.97. The highest BCUT2D eigenvalue weighted by atomic mass is 32.1. The number of aromatic nitrogens is 3. The summed E-state index contributed by atoms with van der Waals surface area (Å²) in [6.45, 7) is 4.70. The number of aromatic amines is 1. The van der Waals surface area contributed by atoms with E-state index in [9.17, 15) is 0 Å². The van der Waals surface area contributed by atoms with Gasteiger partial charge in [0.15, 0.2) is 0 Å². The second-order valence-electron chi connectivity index (χ2n) is 4.15. The first-order valence-electron chi connectivity index (χ1n) is 6.41. The lowest BCUT2D eigenvalue weighted by Gasteiger charge is -2.10. The van der Waals surface area contributed by atoms with Crippen molar-refractivity contribution in [2.45, 2.75) is 26.7 Å². The Hall–Kier alpha value is -1.75. The van der Waals surface area contributed by atoms with Gasteiger partial charge < -0.3 is 9.72 Å². The normalized spacial score (nSPS) is 10.4. The molecule has 2 heterocycles. The summed E-state index contributed by atoms with van der Waals surface area (Å²) in [5, 5.41) is 0. The Balaban J connectivity index is 2.49. The number of ether oxygens (including phenoxy) is 1.